The first-order chi connectivity index (χ1) is 12.1. The standard InChI is InChI=1S/C21H24ClNO3/c1-12-8-13(2)17(21(26)9-12)6-7-20(25)18-10-16(22)11-19(14(18)3)23(5)15(4)24/h8,10-11H,6-7,9H2,1-5H3. The fraction of sp³-hybridized carbons (Fsp3) is 0.381. The van der Waals surface area contributed by atoms with Gasteiger partial charge in [0.25, 0.3) is 0 Å². The van der Waals surface area contributed by atoms with Gasteiger partial charge in [-0.15, -0.1) is 0 Å². The summed E-state index contributed by atoms with van der Waals surface area (Å²) in [5.74, 6) is -0.123. The maximum atomic E-state index is 12.8. The number of allylic oxidation sites excluding steroid dienone is 4. The molecule has 0 N–H and O–H groups in total. The molecule has 0 atom stereocenters. The number of nitrogens with zero attached hydrogens (tertiary/aromatic N) is 1. The molecule has 1 aromatic carbocycles. The molecule has 0 unspecified atom stereocenters. The molecule has 0 saturated carbocycles. The Bertz CT molecular complexity index is 849. The van der Waals surface area contributed by atoms with Gasteiger partial charge in [-0.25, -0.2) is 0 Å². The van der Waals surface area contributed by atoms with Gasteiger partial charge in [0, 0.05) is 43.1 Å². The Labute approximate surface area is 159 Å². The lowest BCUT2D eigenvalue weighted by atomic mass is 9.88. The Morgan fingerprint density at radius 3 is 2.42 bits per heavy atom. The summed E-state index contributed by atoms with van der Waals surface area (Å²) in [6, 6.07) is 3.31. The maximum Gasteiger partial charge on any atom is 0.223 e. The molecule has 0 fully saturated rings. The van der Waals surface area contributed by atoms with Crippen molar-refractivity contribution < 1.29 is 14.4 Å². The minimum atomic E-state index is -0.135. The van der Waals surface area contributed by atoms with Crippen LogP contribution in [0.5, 0.6) is 0 Å². The zero-order valence-corrected chi connectivity index (χ0v) is 16.7. The number of hydrogen-bond donors (Lipinski definition) is 0. The van der Waals surface area contributed by atoms with Crippen molar-refractivity contribution >= 4 is 34.8 Å². The number of amides is 1. The Balaban J connectivity index is 2.27. The van der Waals surface area contributed by atoms with E-state index >= 15 is 0 Å². The van der Waals surface area contributed by atoms with Crippen LogP contribution in [0, 0.1) is 6.92 Å². The summed E-state index contributed by atoms with van der Waals surface area (Å²) >= 11 is 6.16. The van der Waals surface area contributed by atoms with E-state index in [9.17, 15) is 14.4 Å². The zero-order valence-electron chi connectivity index (χ0n) is 15.9. The largest absolute Gasteiger partial charge is 0.315 e. The smallest absolute Gasteiger partial charge is 0.223 e. The normalized spacial score (nSPS) is 14.4. The van der Waals surface area contributed by atoms with Gasteiger partial charge < -0.3 is 4.90 Å². The summed E-state index contributed by atoms with van der Waals surface area (Å²) in [6.45, 7) is 7.11. The highest BCUT2D eigenvalue weighted by Crippen LogP contribution is 2.30. The number of Topliss-reactive ketones (excluding diaryl/α,β-unsaturated/α-hetero) is 2. The van der Waals surface area contributed by atoms with Crippen LogP contribution in [0.25, 0.3) is 0 Å². The van der Waals surface area contributed by atoms with Gasteiger partial charge in [0.1, 0.15) is 0 Å². The van der Waals surface area contributed by atoms with E-state index in [2.05, 4.69) is 0 Å². The quantitative estimate of drug-likeness (QED) is 0.694. The summed E-state index contributed by atoms with van der Waals surface area (Å²) in [6.07, 6.45) is 3.07. The highest BCUT2D eigenvalue weighted by atomic mass is 35.5. The minimum Gasteiger partial charge on any atom is -0.315 e. The molecular weight excluding hydrogens is 350 g/mol. The molecule has 5 heteroatoms. The van der Waals surface area contributed by atoms with Crippen LogP contribution in [0.15, 0.2) is 34.9 Å². The van der Waals surface area contributed by atoms with Gasteiger partial charge in [-0.2, -0.15) is 0 Å². The van der Waals surface area contributed by atoms with Crippen molar-refractivity contribution in [1.82, 2.24) is 0 Å². The predicted molar refractivity (Wildman–Crippen MR) is 105 cm³/mol. The molecule has 4 nitrogen and oxygen atoms in total. The van der Waals surface area contributed by atoms with Gasteiger partial charge in [-0.3, -0.25) is 14.4 Å². The second-order valence-corrected chi connectivity index (χ2v) is 7.29. The third-order valence-electron chi connectivity index (χ3n) is 4.80. The van der Waals surface area contributed by atoms with E-state index in [4.69, 9.17) is 11.6 Å². The fourth-order valence-electron chi connectivity index (χ4n) is 3.27. The first-order valence-electron chi connectivity index (χ1n) is 8.59. The predicted octanol–water partition coefficient (Wildman–Crippen LogP) is 4.83. The van der Waals surface area contributed by atoms with Crippen LogP contribution >= 0.6 is 11.6 Å². The van der Waals surface area contributed by atoms with Crippen molar-refractivity contribution in [2.45, 2.75) is 47.0 Å². The Hall–Kier alpha value is -2.20. The number of hydrogen-bond acceptors (Lipinski definition) is 3. The van der Waals surface area contributed by atoms with E-state index in [1.807, 2.05) is 19.9 Å². The lowest BCUT2D eigenvalue weighted by Gasteiger charge is -2.20. The van der Waals surface area contributed by atoms with Crippen LogP contribution in [-0.4, -0.2) is 24.5 Å². The monoisotopic (exact) mass is 373 g/mol. The number of benzene rings is 1. The van der Waals surface area contributed by atoms with Crippen molar-refractivity contribution in [3.05, 3.63) is 51.1 Å². The summed E-state index contributed by atoms with van der Waals surface area (Å²) in [5, 5.41) is 0.407. The molecule has 0 heterocycles. The van der Waals surface area contributed by atoms with E-state index < -0.39 is 0 Å². The number of ketones is 2. The van der Waals surface area contributed by atoms with Crippen LogP contribution in [0.3, 0.4) is 0 Å². The molecule has 0 saturated heterocycles. The van der Waals surface area contributed by atoms with E-state index in [0.717, 1.165) is 16.7 Å². The number of carbonyl (C=O) groups excluding carboxylic acids is 3. The van der Waals surface area contributed by atoms with Gasteiger partial charge in [0.05, 0.1) is 0 Å². The second-order valence-electron chi connectivity index (χ2n) is 6.85. The molecule has 0 bridgehead atoms. The lowest BCUT2D eigenvalue weighted by Crippen LogP contribution is -2.24. The molecule has 2 rings (SSSR count). The van der Waals surface area contributed by atoms with Crippen LogP contribution in [0.2, 0.25) is 5.02 Å². The summed E-state index contributed by atoms with van der Waals surface area (Å²) in [5.41, 5.74) is 4.54. The number of halogens is 1. The highest BCUT2D eigenvalue weighted by Gasteiger charge is 2.21. The van der Waals surface area contributed by atoms with E-state index in [1.165, 1.54) is 11.8 Å². The van der Waals surface area contributed by atoms with Gasteiger partial charge in [-0.05, 0) is 56.0 Å². The van der Waals surface area contributed by atoms with Crippen LogP contribution in [-0.2, 0) is 9.59 Å². The number of rotatable bonds is 5. The molecule has 1 aliphatic carbocycles. The molecule has 0 aliphatic heterocycles. The van der Waals surface area contributed by atoms with Crippen molar-refractivity contribution in [3.63, 3.8) is 0 Å². The third kappa shape index (κ3) is 4.31. The van der Waals surface area contributed by atoms with E-state index in [1.54, 1.807) is 26.1 Å². The van der Waals surface area contributed by atoms with Crippen LogP contribution in [0.4, 0.5) is 5.69 Å². The molecule has 1 aliphatic rings. The lowest BCUT2D eigenvalue weighted by molar-refractivity contribution is -0.116. The molecule has 138 valence electrons. The third-order valence-corrected chi connectivity index (χ3v) is 5.01. The first-order valence-corrected chi connectivity index (χ1v) is 8.97. The second kappa shape index (κ2) is 8.00. The fourth-order valence-corrected chi connectivity index (χ4v) is 3.48. The molecule has 1 aromatic rings. The molecule has 0 spiro atoms. The van der Waals surface area contributed by atoms with Gasteiger partial charge in [-0.1, -0.05) is 23.3 Å². The van der Waals surface area contributed by atoms with E-state index in [-0.39, 0.29) is 23.9 Å². The Morgan fingerprint density at radius 1 is 1.19 bits per heavy atom. The molecule has 26 heavy (non-hydrogen) atoms. The average Bonchev–Trinajstić information content (AvgIpc) is 2.54. The zero-order chi connectivity index (χ0) is 19.6. The van der Waals surface area contributed by atoms with Crippen molar-refractivity contribution in [1.29, 1.82) is 0 Å². The van der Waals surface area contributed by atoms with Gasteiger partial charge in [0.15, 0.2) is 11.6 Å². The van der Waals surface area contributed by atoms with Crippen molar-refractivity contribution in [3.8, 4) is 0 Å². The Morgan fingerprint density at radius 2 is 1.85 bits per heavy atom. The van der Waals surface area contributed by atoms with E-state index in [0.29, 0.717) is 34.7 Å². The summed E-state index contributed by atoms with van der Waals surface area (Å²) in [7, 11) is 1.65. The topological polar surface area (TPSA) is 54.5 Å². The first kappa shape index (κ1) is 20.1. The van der Waals surface area contributed by atoms with Gasteiger partial charge in [0.2, 0.25) is 5.91 Å². The SMILES string of the molecule is CC(=O)N(C)c1cc(Cl)cc(C(=O)CCC2=C(C)C=C(C)CC2=O)c1C. The van der Waals surface area contributed by atoms with Crippen LogP contribution < -0.4 is 4.90 Å². The van der Waals surface area contributed by atoms with Gasteiger partial charge >= 0.3 is 0 Å². The number of carbonyl (C=O) groups is 3. The molecule has 1 amide bonds. The number of anilines is 1. The van der Waals surface area contributed by atoms with Crippen LogP contribution in [0.1, 0.15) is 56.0 Å². The minimum absolute atomic E-state index is 0.0809. The van der Waals surface area contributed by atoms with Crippen molar-refractivity contribution in [2.24, 2.45) is 0 Å². The summed E-state index contributed by atoms with van der Waals surface area (Å²) in [4.78, 5) is 38.1. The average molecular weight is 374 g/mol. The van der Waals surface area contributed by atoms with Crippen molar-refractivity contribution in [2.75, 3.05) is 11.9 Å². The molecule has 0 radical (unpaired) electrons. The summed E-state index contributed by atoms with van der Waals surface area (Å²) < 4.78 is 0. The highest BCUT2D eigenvalue weighted by molar-refractivity contribution is 6.31. The Kier molecular flexibility index (Phi) is 6.19. The maximum absolute atomic E-state index is 12.8. The molecular formula is C21H24ClNO3. The molecule has 0 aromatic heterocycles.